The number of ether oxygens (including phenoxy) is 2. The molecule has 4 aromatic rings. The molecule has 4 bridgehead atoms. The van der Waals surface area contributed by atoms with Crippen molar-refractivity contribution in [2.75, 3.05) is 14.2 Å². The molecule has 0 spiro atoms. The van der Waals surface area contributed by atoms with Crippen LogP contribution < -0.4 is 16.4 Å². The van der Waals surface area contributed by atoms with E-state index in [1.807, 2.05) is 23.0 Å². The molecule has 11 heteroatoms. The van der Waals surface area contributed by atoms with Gasteiger partial charge in [-0.15, -0.1) is 0 Å². The average molecular weight is 627 g/mol. The first kappa shape index (κ1) is 20.9. The number of nitrogens with zero attached hydrogens (tertiary/aromatic N) is 8. The molecule has 0 N–H and O–H groups in total. The van der Waals surface area contributed by atoms with Gasteiger partial charge in [0.1, 0.15) is 0 Å². The molecule has 0 fully saturated rings. The van der Waals surface area contributed by atoms with Crippen LogP contribution in [0.4, 0.5) is 0 Å². The quantitative estimate of drug-likeness (QED) is 0.318. The number of imidazole rings is 2. The fourth-order valence-corrected chi connectivity index (χ4v) is 7.88. The van der Waals surface area contributed by atoms with Gasteiger partial charge in [0.25, 0.3) is 0 Å². The van der Waals surface area contributed by atoms with E-state index in [0.717, 1.165) is 29.7 Å². The Morgan fingerprint density at radius 2 is 1.16 bits per heavy atom. The Labute approximate surface area is 196 Å². The van der Waals surface area contributed by atoms with Crippen LogP contribution in [0.25, 0.3) is 11.6 Å². The molecule has 0 amide bonds. The minimum absolute atomic E-state index is 0.545. The molecule has 32 heavy (non-hydrogen) atoms. The van der Waals surface area contributed by atoms with Crippen molar-refractivity contribution in [3.8, 4) is 23.4 Å². The summed E-state index contributed by atoms with van der Waals surface area (Å²) in [6, 6.07) is 0. The Kier molecular flexibility index (Phi) is 4.97. The van der Waals surface area contributed by atoms with E-state index in [2.05, 4.69) is 23.8 Å². The Hall–Kier alpha value is -2.92. The zero-order valence-electron chi connectivity index (χ0n) is 18.6. The first-order valence-electron chi connectivity index (χ1n) is 9.95. The third kappa shape index (κ3) is 3.10. The van der Waals surface area contributed by atoms with E-state index >= 15 is 0 Å². The number of aromatic nitrogens is 8. The molecule has 0 saturated heterocycles. The van der Waals surface area contributed by atoms with Crippen molar-refractivity contribution >= 4 is 30.5 Å². The molecule has 1 aliphatic rings. The second-order valence-corrected chi connectivity index (χ2v) is 11.5. The zero-order valence-corrected chi connectivity index (χ0v) is 21.8. The van der Waals surface area contributed by atoms with E-state index in [1.165, 1.54) is 0 Å². The number of rotatable bonds is 2. The van der Waals surface area contributed by atoms with Crippen molar-refractivity contribution in [2.45, 2.75) is 33.1 Å². The summed E-state index contributed by atoms with van der Waals surface area (Å²) in [4.78, 5) is 28.6. The summed E-state index contributed by atoms with van der Waals surface area (Å²) in [5, 5.41) is 0. The average Bonchev–Trinajstić information content (AvgIpc) is 3.28. The van der Waals surface area contributed by atoms with Gasteiger partial charge in [-0.1, -0.05) is 0 Å². The molecule has 10 nitrogen and oxygen atoms in total. The van der Waals surface area contributed by atoms with E-state index in [1.54, 1.807) is 39.0 Å². The fraction of sp³-hybridized carbons (Fsp3) is 0.333. The van der Waals surface area contributed by atoms with Gasteiger partial charge in [0.05, 0.1) is 0 Å². The van der Waals surface area contributed by atoms with Gasteiger partial charge in [-0.25, -0.2) is 0 Å². The van der Waals surface area contributed by atoms with Gasteiger partial charge in [-0.2, -0.15) is 0 Å². The first-order chi connectivity index (χ1) is 15.3. The third-order valence-electron chi connectivity index (χ3n) is 5.49. The summed E-state index contributed by atoms with van der Waals surface area (Å²) in [7, 11) is 3.29. The van der Waals surface area contributed by atoms with Gasteiger partial charge in [-0.05, 0) is 0 Å². The Morgan fingerprint density at radius 3 is 1.56 bits per heavy atom. The molecule has 4 aromatic heterocycles. The first-order valence-corrected chi connectivity index (χ1v) is 13.1. The van der Waals surface area contributed by atoms with Crippen LogP contribution in [0.15, 0.2) is 24.8 Å². The molecule has 0 saturated carbocycles. The molecule has 0 aliphatic carbocycles. The molecular weight excluding hydrogens is 605 g/mol. The Morgan fingerprint density at radius 1 is 0.719 bits per heavy atom. The molecule has 1 aliphatic heterocycles. The van der Waals surface area contributed by atoms with E-state index in [4.69, 9.17) is 29.4 Å². The van der Waals surface area contributed by atoms with E-state index in [0.29, 0.717) is 23.4 Å². The van der Waals surface area contributed by atoms with Crippen LogP contribution in [0.2, 0.25) is 0 Å². The summed E-state index contributed by atoms with van der Waals surface area (Å²) >= 11 is -1.53. The van der Waals surface area contributed by atoms with Crippen molar-refractivity contribution in [3.05, 3.63) is 47.6 Å². The molecule has 5 heterocycles. The Bertz CT molecular complexity index is 1240. The summed E-state index contributed by atoms with van der Waals surface area (Å²) in [6.07, 6.45) is 7.01. The van der Waals surface area contributed by atoms with Crippen LogP contribution >= 0.6 is 0 Å². The topological polar surface area (TPSA) is 106 Å². The van der Waals surface area contributed by atoms with Crippen molar-refractivity contribution < 1.29 is 9.47 Å². The number of hydrogen-bond donors (Lipinski definition) is 0. The SMILES string of the molecule is COc1c(C)n[c]2n1-c1cncc(n1)C(C)(C)c1cncc(n1)-n1[c](nc(C)c1OC)[Po]2. The summed E-state index contributed by atoms with van der Waals surface area (Å²) < 4.78 is 17.2. The zero-order chi connectivity index (χ0) is 22.6. The van der Waals surface area contributed by atoms with Gasteiger partial charge < -0.3 is 0 Å². The van der Waals surface area contributed by atoms with Crippen LogP contribution in [0.3, 0.4) is 0 Å². The van der Waals surface area contributed by atoms with Crippen molar-refractivity contribution in [1.82, 2.24) is 39.0 Å². The Balaban J connectivity index is 1.89. The summed E-state index contributed by atoms with van der Waals surface area (Å²) in [5.74, 6) is 2.63. The van der Waals surface area contributed by atoms with Crippen LogP contribution in [0.5, 0.6) is 11.8 Å². The van der Waals surface area contributed by atoms with Gasteiger partial charge in [-0.3, -0.25) is 0 Å². The molecule has 0 atom stereocenters. The molecule has 0 radical (unpaired) electrons. The standard InChI is InChI=1S/C21H22N8O2.Po/c1-13-19(30-5)28(11-24-13)17-9-22-7-15(26-17)21(3,4)16-8-23-10-18(27-16)29-12-25-14(2)20(29)31-6;/h7-10H,1-6H3;. The van der Waals surface area contributed by atoms with Crippen LogP contribution in [-0.4, -0.2) is 76.8 Å². The van der Waals surface area contributed by atoms with Crippen LogP contribution in [0.1, 0.15) is 36.6 Å². The van der Waals surface area contributed by atoms with Gasteiger partial charge in [0.2, 0.25) is 0 Å². The van der Waals surface area contributed by atoms with Crippen molar-refractivity contribution in [2.24, 2.45) is 0 Å². The maximum atomic E-state index is 5.72. The van der Waals surface area contributed by atoms with Gasteiger partial charge in [0.15, 0.2) is 0 Å². The fourth-order valence-electron chi connectivity index (χ4n) is 3.74. The number of aryl methyl sites for hydroxylation is 2. The van der Waals surface area contributed by atoms with Crippen LogP contribution in [-0.2, 0) is 5.41 Å². The molecule has 164 valence electrons. The molecule has 5 rings (SSSR count). The van der Waals surface area contributed by atoms with Gasteiger partial charge >= 0.3 is 197 Å². The predicted octanol–water partition coefficient (Wildman–Crippen LogP) is 0.566. The molecule has 0 unspecified atom stereocenters. The molecular formula is C21H22N8O2Po. The van der Waals surface area contributed by atoms with E-state index < -0.39 is 29.0 Å². The van der Waals surface area contributed by atoms with Crippen LogP contribution in [0, 0.1) is 13.8 Å². The summed E-state index contributed by atoms with van der Waals surface area (Å²) in [5.41, 5.74) is 2.61. The number of hydrogen-bond acceptors (Lipinski definition) is 8. The second kappa shape index (κ2) is 7.59. The normalized spacial score (nSPS) is 14.1. The maximum absolute atomic E-state index is 5.72. The van der Waals surface area contributed by atoms with Gasteiger partial charge in [0, 0.05) is 0 Å². The monoisotopic (exact) mass is 627 g/mol. The second-order valence-electron chi connectivity index (χ2n) is 7.90. The number of methoxy groups -OCH3 is 2. The number of fused-ring (bicyclic) bond motifs is 8. The molecule has 0 aromatic carbocycles. The third-order valence-corrected chi connectivity index (χ3v) is 9.04. The minimum atomic E-state index is -1.53. The summed E-state index contributed by atoms with van der Waals surface area (Å²) in [6.45, 7) is 7.99. The van der Waals surface area contributed by atoms with E-state index in [9.17, 15) is 0 Å². The van der Waals surface area contributed by atoms with E-state index in [-0.39, 0.29) is 0 Å². The predicted molar refractivity (Wildman–Crippen MR) is 118 cm³/mol. The van der Waals surface area contributed by atoms with Crippen molar-refractivity contribution in [1.29, 1.82) is 0 Å². The van der Waals surface area contributed by atoms with Crippen molar-refractivity contribution in [3.63, 3.8) is 0 Å².